The normalized spacial score (nSPS) is 14.4. The molecule has 0 spiro atoms. The first-order valence-corrected chi connectivity index (χ1v) is 16.3. The van der Waals surface area contributed by atoms with Gasteiger partial charge in [0.05, 0.1) is 17.0 Å². The highest BCUT2D eigenvalue weighted by Crippen LogP contribution is 2.31. The van der Waals surface area contributed by atoms with Gasteiger partial charge < -0.3 is 10.2 Å². The van der Waals surface area contributed by atoms with Crippen LogP contribution in [0.25, 0.3) is 0 Å². The Hall–Kier alpha value is -2.78. The molecule has 0 heterocycles. The molecule has 0 radical (unpaired) electrons. The van der Waals surface area contributed by atoms with Gasteiger partial charge in [-0.2, -0.15) is 0 Å². The number of carbonyl (C=O) groups is 2. The molecule has 1 N–H and O–H groups in total. The number of benzene rings is 3. The van der Waals surface area contributed by atoms with Gasteiger partial charge in [0.15, 0.2) is 0 Å². The highest BCUT2D eigenvalue weighted by molar-refractivity contribution is 7.92. The van der Waals surface area contributed by atoms with Crippen LogP contribution in [0, 0.1) is 0 Å². The second-order valence-electron chi connectivity index (χ2n) is 10.2. The Morgan fingerprint density at radius 2 is 1.59 bits per heavy atom. The lowest BCUT2D eigenvalue weighted by Gasteiger charge is -2.34. The Labute approximate surface area is 256 Å². The molecule has 1 saturated carbocycles. The summed E-state index contributed by atoms with van der Waals surface area (Å²) in [5, 5.41) is 3.94. The Kier molecular flexibility index (Phi) is 10.6. The van der Waals surface area contributed by atoms with Crippen molar-refractivity contribution in [2.24, 2.45) is 0 Å². The monoisotopic (exact) mass is 635 g/mol. The predicted molar refractivity (Wildman–Crippen MR) is 165 cm³/mol. The lowest BCUT2D eigenvalue weighted by atomic mass is 10.0. The van der Waals surface area contributed by atoms with E-state index in [1.807, 2.05) is 30.3 Å². The molecule has 1 aliphatic rings. The Morgan fingerprint density at radius 1 is 0.927 bits per heavy atom. The van der Waals surface area contributed by atoms with Crippen LogP contribution >= 0.6 is 34.8 Å². The predicted octanol–water partition coefficient (Wildman–Crippen LogP) is 6.11. The van der Waals surface area contributed by atoms with Gasteiger partial charge in [-0.15, -0.1) is 0 Å². The Bertz CT molecular complexity index is 1480. The zero-order valence-electron chi connectivity index (χ0n) is 22.6. The first kappa shape index (κ1) is 31.2. The number of nitrogens with zero attached hydrogens (tertiary/aromatic N) is 2. The summed E-state index contributed by atoms with van der Waals surface area (Å²) >= 11 is 19.0. The molecule has 218 valence electrons. The molecule has 1 fully saturated rings. The van der Waals surface area contributed by atoms with E-state index in [4.69, 9.17) is 34.8 Å². The van der Waals surface area contributed by atoms with Gasteiger partial charge in [0.25, 0.3) is 0 Å². The molecule has 1 atom stereocenters. The fourth-order valence-electron chi connectivity index (χ4n) is 5.00. The molecule has 0 bridgehead atoms. The molecule has 0 saturated heterocycles. The number of anilines is 1. The van der Waals surface area contributed by atoms with Crippen LogP contribution in [-0.2, 0) is 32.6 Å². The standard InChI is InChI=1S/C30H32Cl3N3O4S/c1-41(39,40)36(27-18-23(31)15-16-26(27)33)20-29(37)35(19-22-11-5-8-14-25(22)32)28(17-21-9-3-2-4-10-21)30(38)34-24-12-6-7-13-24/h2-5,8-11,14-16,18,24,28H,6-7,12-13,17,19-20H2,1H3,(H,34,38). The van der Waals surface area contributed by atoms with E-state index in [9.17, 15) is 18.0 Å². The average Bonchev–Trinajstić information content (AvgIpc) is 3.44. The molecular formula is C30H32Cl3N3O4S. The van der Waals surface area contributed by atoms with Crippen molar-refractivity contribution < 1.29 is 18.0 Å². The van der Waals surface area contributed by atoms with Crippen molar-refractivity contribution in [2.45, 2.75) is 50.7 Å². The summed E-state index contributed by atoms with van der Waals surface area (Å²) < 4.78 is 26.8. The maximum Gasteiger partial charge on any atom is 0.244 e. The maximum atomic E-state index is 14.2. The maximum absolute atomic E-state index is 14.2. The van der Waals surface area contributed by atoms with Crippen molar-refractivity contribution in [3.8, 4) is 0 Å². The van der Waals surface area contributed by atoms with Gasteiger partial charge in [-0.3, -0.25) is 13.9 Å². The fraction of sp³-hybridized carbons (Fsp3) is 0.333. The first-order chi connectivity index (χ1) is 19.5. The first-order valence-electron chi connectivity index (χ1n) is 13.3. The third kappa shape index (κ3) is 8.38. The number of nitrogens with one attached hydrogen (secondary N) is 1. The van der Waals surface area contributed by atoms with Crippen LogP contribution in [0.15, 0.2) is 72.8 Å². The minimum atomic E-state index is -3.97. The molecular weight excluding hydrogens is 605 g/mol. The van der Waals surface area contributed by atoms with Crippen molar-refractivity contribution in [1.29, 1.82) is 0 Å². The summed E-state index contributed by atoms with van der Waals surface area (Å²) in [6.07, 6.45) is 5.02. The highest BCUT2D eigenvalue weighted by atomic mass is 35.5. The molecule has 1 unspecified atom stereocenters. The third-order valence-electron chi connectivity index (χ3n) is 7.13. The lowest BCUT2D eigenvalue weighted by molar-refractivity contribution is -0.140. The van der Waals surface area contributed by atoms with Crippen molar-refractivity contribution in [3.63, 3.8) is 0 Å². The second-order valence-corrected chi connectivity index (χ2v) is 13.3. The zero-order valence-corrected chi connectivity index (χ0v) is 25.7. The van der Waals surface area contributed by atoms with Gasteiger partial charge in [0.2, 0.25) is 21.8 Å². The minimum absolute atomic E-state index is 0.00499. The van der Waals surface area contributed by atoms with Gasteiger partial charge in [-0.05, 0) is 48.2 Å². The molecule has 3 aromatic carbocycles. The summed E-state index contributed by atoms with van der Waals surface area (Å²) in [6, 6.07) is 19.9. The molecule has 41 heavy (non-hydrogen) atoms. The van der Waals surface area contributed by atoms with Crippen LogP contribution in [-0.4, -0.2) is 50.0 Å². The van der Waals surface area contributed by atoms with Crippen LogP contribution < -0.4 is 9.62 Å². The number of rotatable bonds is 11. The van der Waals surface area contributed by atoms with Crippen LogP contribution in [0.1, 0.15) is 36.8 Å². The summed E-state index contributed by atoms with van der Waals surface area (Å²) in [5.41, 5.74) is 1.55. The van der Waals surface area contributed by atoms with Crippen molar-refractivity contribution in [3.05, 3.63) is 99.0 Å². The van der Waals surface area contributed by atoms with E-state index >= 15 is 0 Å². The summed E-state index contributed by atoms with van der Waals surface area (Å²) in [7, 11) is -3.97. The van der Waals surface area contributed by atoms with E-state index in [1.54, 1.807) is 24.3 Å². The van der Waals surface area contributed by atoms with E-state index in [0.29, 0.717) is 10.6 Å². The molecule has 3 aromatic rings. The SMILES string of the molecule is CS(=O)(=O)N(CC(=O)N(Cc1ccccc1Cl)C(Cc1ccccc1)C(=O)NC1CCCC1)c1cc(Cl)ccc1Cl. The summed E-state index contributed by atoms with van der Waals surface area (Å²) in [5.74, 6) is -0.887. The zero-order chi connectivity index (χ0) is 29.6. The largest absolute Gasteiger partial charge is 0.352 e. The molecule has 11 heteroatoms. The van der Waals surface area contributed by atoms with E-state index in [2.05, 4.69) is 5.32 Å². The number of hydrogen-bond donors (Lipinski definition) is 1. The number of amides is 2. The number of carbonyl (C=O) groups excluding carboxylic acids is 2. The quantitative estimate of drug-likeness (QED) is 0.275. The van der Waals surface area contributed by atoms with Crippen LogP contribution in [0.5, 0.6) is 0 Å². The van der Waals surface area contributed by atoms with E-state index in [0.717, 1.165) is 41.8 Å². The lowest BCUT2D eigenvalue weighted by Crippen LogP contribution is -2.54. The van der Waals surface area contributed by atoms with Crippen molar-refractivity contribution in [1.82, 2.24) is 10.2 Å². The molecule has 0 aliphatic heterocycles. The second kappa shape index (κ2) is 13.9. The number of halogens is 3. The number of hydrogen-bond acceptors (Lipinski definition) is 4. The van der Waals surface area contributed by atoms with Crippen LogP contribution in [0.2, 0.25) is 15.1 Å². The van der Waals surface area contributed by atoms with Gasteiger partial charge >= 0.3 is 0 Å². The molecule has 7 nitrogen and oxygen atoms in total. The molecule has 1 aliphatic carbocycles. The smallest absolute Gasteiger partial charge is 0.244 e. The average molecular weight is 637 g/mol. The Balaban J connectivity index is 1.75. The van der Waals surface area contributed by atoms with E-state index in [1.165, 1.54) is 23.1 Å². The molecule has 0 aromatic heterocycles. The van der Waals surface area contributed by atoms with Gasteiger partial charge in [-0.25, -0.2) is 8.42 Å². The topological polar surface area (TPSA) is 86.8 Å². The third-order valence-corrected chi connectivity index (χ3v) is 9.18. The van der Waals surface area contributed by atoms with E-state index < -0.39 is 28.5 Å². The number of sulfonamides is 1. The molecule has 2 amide bonds. The van der Waals surface area contributed by atoms with Crippen LogP contribution in [0.3, 0.4) is 0 Å². The minimum Gasteiger partial charge on any atom is -0.352 e. The van der Waals surface area contributed by atoms with E-state index in [-0.39, 0.29) is 40.6 Å². The summed E-state index contributed by atoms with van der Waals surface area (Å²) in [6.45, 7) is -0.597. The van der Waals surface area contributed by atoms with Crippen molar-refractivity contribution in [2.75, 3.05) is 17.1 Å². The molecule has 4 rings (SSSR count). The van der Waals surface area contributed by atoms with Gasteiger partial charge in [-0.1, -0.05) is 96.2 Å². The summed E-state index contributed by atoms with van der Waals surface area (Å²) in [4.78, 5) is 29.5. The van der Waals surface area contributed by atoms with Gasteiger partial charge in [0.1, 0.15) is 12.6 Å². The van der Waals surface area contributed by atoms with Gasteiger partial charge in [0, 0.05) is 29.1 Å². The highest BCUT2D eigenvalue weighted by Gasteiger charge is 2.35. The van der Waals surface area contributed by atoms with Crippen LogP contribution in [0.4, 0.5) is 5.69 Å². The Morgan fingerprint density at radius 3 is 2.24 bits per heavy atom. The fourth-order valence-corrected chi connectivity index (χ4v) is 6.49. The van der Waals surface area contributed by atoms with Crippen molar-refractivity contribution >= 4 is 62.3 Å².